The van der Waals surface area contributed by atoms with Gasteiger partial charge in [-0.2, -0.15) is 0 Å². The second kappa shape index (κ2) is 3.98. The lowest BCUT2D eigenvalue weighted by Gasteiger charge is -2.00. The topological polar surface area (TPSA) is 69.1 Å². The maximum atomic E-state index is 11.2. The summed E-state index contributed by atoms with van der Waals surface area (Å²) in [6, 6.07) is 7.04. The minimum atomic E-state index is -0.633. The molecule has 2 rings (SSSR count). The van der Waals surface area contributed by atoms with Crippen molar-refractivity contribution in [1.82, 2.24) is 4.98 Å². The fourth-order valence-corrected chi connectivity index (χ4v) is 1.64. The molecule has 2 N–H and O–H groups in total. The summed E-state index contributed by atoms with van der Waals surface area (Å²) < 4.78 is 5.35. The first-order valence-electron chi connectivity index (χ1n) is 4.61. The first-order chi connectivity index (χ1) is 7.59. The Morgan fingerprint density at radius 1 is 1.44 bits per heavy atom. The molecule has 16 heavy (non-hydrogen) atoms. The van der Waals surface area contributed by atoms with Gasteiger partial charge < -0.3 is 10.2 Å². The van der Waals surface area contributed by atoms with Crippen LogP contribution in [0.2, 0.25) is 5.02 Å². The zero-order valence-electron chi connectivity index (χ0n) is 8.53. The number of carbonyl (C=O) groups excluding carboxylic acids is 1. The highest BCUT2D eigenvalue weighted by atomic mass is 35.5. The van der Waals surface area contributed by atoms with Gasteiger partial charge in [-0.3, -0.25) is 4.79 Å². The molecule has 0 fully saturated rings. The molecule has 0 spiro atoms. The van der Waals surface area contributed by atoms with Gasteiger partial charge in [-0.25, -0.2) is 4.98 Å². The van der Waals surface area contributed by atoms with Crippen molar-refractivity contribution < 1.29 is 9.21 Å². The van der Waals surface area contributed by atoms with E-state index < -0.39 is 5.91 Å². The van der Waals surface area contributed by atoms with Crippen molar-refractivity contribution in [2.24, 2.45) is 5.73 Å². The van der Waals surface area contributed by atoms with E-state index in [9.17, 15) is 4.79 Å². The predicted octanol–water partition coefficient (Wildman–Crippen LogP) is 2.40. The lowest BCUT2D eigenvalue weighted by molar-refractivity contribution is 0.0996. The highest BCUT2D eigenvalue weighted by Gasteiger charge is 2.19. The van der Waals surface area contributed by atoms with E-state index in [4.69, 9.17) is 21.8 Å². The number of hydrogen-bond donors (Lipinski definition) is 1. The number of primary amides is 1. The van der Waals surface area contributed by atoms with E-state index in [1.807, 2.05) is 0 Å². The lowest BCUT2D eigenvalue weighted by Crippen LogP contribution is -2.12. The van der Waals surface area contributed by atoms with Crippen LogP contribution in [0.5, 0.6) is 0 Å². The van der Waals surface area contributed by atoms with Crippen LogP contribution in [0.25, 0.3) is 11.3 Å². The van der Waals surface area contributed by atoms with E-state index >= 15 is 0 Å². The number of nitrogens with zero attached hydrogens (tertiary/aromatic N) is 1. The van der Waals surface area contributed by atoms with Gasteiger partial charge in [-0.05, 0) is 12.1 Å². The van der Waals surface area contributed by atoms with Crippen LogP contribution in [-0.2, 0) is 0 Å². The number of aryl methyl sites for hydroxylation is 1. The molecule has 82 valence electrons. The number of aromatic nitrogens is 1. The van der Waals surface area contributed by atoms with Gasteiger partial charge in [-0.1, -0.05) is 23.7 Å². The minimum absolute atomic E-state index is 0.102. The molecule has 0 saturated carbocycles. The molecule has 1 heterocycles. The summed E-state index contributed by atoms with van der Waals surface area (Å²) >= 11 is 6.00. The largest absolute Gasteiger partial charge is 0.440 e. The molecular weight excluding hydrogens is 228 g/mol. The highest BCUT2D eigenvalue weighted by molar-refractivity contribution is 6.33. The number of nitrogens with two attached hydrogens (primary N) is 1. The summed E-state index contributed by atoms with van der Waals surface area (Å²) in [4.78, 5) is 15.1. The zero-order chi connectivity index (χ0) is 11.7. The zero-order valence-corrected chi connectivity index (χ0v) is 9.28. The monoisotopic (exact) mass is 236 g/mol. The molecule has 1 aromatic heterocycles. The molecule has 2 aromatic rings. The Labute approximate surface area is 97.0 Å². The number of hydrogen-bond acceptors (Lipinski definition) is 3. The Morgan fingerprint density at radius 3 is 2.75 bits per heavy atom. The summed E-state index contributed by atoms with van der Waals surface area (Å²) in [7, 11) is 0. The van der Waals surface area contributed by atoms with Crippen molar-refractivity contribution in [3.63, 3.8) is 0 Å². The maximum absolute atomic E-state index is 11.2. The third-order valence-electron chi connectivity index (χ3n) is 2.09. The molecule has 0 radical (unpaired) electrons. The molecule has 0 atom stereocenters. The van der Waals surface area contributed by atoms with Gasteiger partial charge in [0.25, 0.3) is 5.91 Å². The first kappa shape index (κ1) is 10.7. The molecule has 1 aromatic carbocycles. The molecule has 0 aliphatic rings. The number of rotatable bonds is 2. The molecule has 4 nitrogen and oxygen atoms in total. The number of carbonyl (C=O) groups is 1. The van der Waals surface area contributed by atoms with Gasteiger partial charge in [0.15, 0.2) is 17.3 Å². The van der Waals surface area contributed by atoms with Gasteiger partial charge in [0, 0.05) is 12.5 Å². The summed E-state index contributed by atoms with van der Waals surface area (Å²) in [5.41, 5.74) is 5.92. The van der Waals surface area contributed by atoms with Crippen molar-refractivity contribution in [2.75, 3.05) is 0 Å². The Hall–Kier alpha value is -1.81. The third-order valence-corrected chi connectivity index (χ3v) is 2.42. The van der Waals surface area contributed by atoms with E-state index in [2.05, 4.69) is 4.98 Å². The number of amides is 1. The van der Waals surface area contributed by atoms with Crippen molar-refractivity contribution in [3.8, 4) is 11.3 Å². The first-order valence-corrected chi connectivity index (χ1v) is 4.99. The Morgan fingerprint density at radius 2 is 2.12 bits per heavy atom. The quantitative estimate of drug-likeness (QED) is 0.871. The Bertz CT molecular complexity index is 549. The van der Waals surface area contributed by atoms with Crippen LogP contribution in [0.1, 0.15) is 16.4 Å². The van der Waals surface area contributed by atoms with Crippen LogP contribution in [0, 0.1) is 6.92 Å². The summed E-state index contributed by atoms with van der Waals surface area (Å²) in [6.07, 6.45) is 0. The van der Waals surface area contributed by atoms with Gasteiger partial charge in [0.2, 0.25) is 0 Å². The molecule has 0 saturated heterocycles. The van der Waals surface area contributed by atoms with E-state index in [1.165, 1.54) is 0 Å². The normalized spacial score (nSPS) is 10.4. The standard InChI is InChI=1S/C11H9ClN2O2/c1-6-14-9(11(13)15)10(16-6)7-4-2-3-5-8(7)12/h2-5H,1H3,(H2,13,15). The fourth-order valence-electron chi connectivity index (χ4n) is 1.42. The lowest BCUT2D eigenvalue weighted by atomic mass is 10.1. The Balaban J connectivity index is 2.64. The van der Waals surface area contributed by atoms with E-state index in [1.54, 1.807) is 31.2 Å². The van der Waals surface area contributed by atoms with Crippen LogP contribution >= 0.6 is 11.6 Å². The second-order valence-corrected chi connectivity index (χ2v) is 3.66. The molecule has 0 aliphatic carbocycles. The summed E-state index contributed by atoms with van der Waals surface area (Å²) in [5.74, 6) is 0.0612. The fraction of sp³-hybridized carbons (Fsp3) is 0.0909. The second-order valence-electron chi connectivity index (χ2n) is 3.25. The molecule has 0 aliphatic heterocycles. The average Bonchev–Trinajstić information content (AvgIpc) is 2.61. The van der Waals surface area contributed by atoms with Crippen LogP contribution in [0.3, 0.4) is 0 Å². The summed E-state index contributed by atoms with van der Waals surface area (Å²) in [6.45, 7) is 1.65. The molecule has 0 unspecified atom stereocenters. The van der Waals surface area contributed by atoms with Crippen LogP contribution < -0.4 is 5.73 Å². The average molecular weight is 237 g/mol. The van der Waals surface area contributed by atoms with Crippen LogP contribution in [0.4, 0.5) is 0 Å². The maximum Gasteiger partial charge on any atom is 0.271 e. The van der Waals surface area contributed by atoms with E-state index in [0.29, 0.717) is 22.2 Å². The minimum Gasteiger partial charge on any atom is -0.440 e. The van der Waals surface area contributed by atoms with Gasteiger partial charge >= 0.3 is 0 Å². The number of oxazole rings is 1. The van der Waals surface area contributed by atoms with Crippen molar-refractivity contribution >= 4 is 17.5 Å². The van der Waals surface area contributed by atoms with Crippen molar-refractivity contribution in [1.29, 1.82) is 0 Å². The van der Waals surface area contributed by atoms with Crippen molar-refractivity contribution in [2.45, 2.75) is 6.92 Å². The molecule has 1 amide bonds. The Kier molecular flexibility index (Phi) is 2.66. The van der Waals surface area contributed by atoms with Gasteiger partial charge in [-0.15, -0.1) is 0 Å². The smallest absolute Gasteiger partial charge is 0.271 e. The van der Waals surface area contributed by atoms with Crippen molar-refractivity contribution in [3.05, 3.63) is 40.9 Å². The third kappa shape index (κ3) is 1.79. The van der Waals surface area contributed by atoms with E-state index in [-0.39, 0.29) is 5.69 Å². The SMILES string of the molecule is Cc1nc(C(N)=O)c(-c2ccccc2Cl)o1. The van der Waals surface area contributed by atoms with Crippen LogP contribution in [0.15, 0.2) is 28.7 Å². The summed E-state index contributed by atoms with van der Waals surface area (Å²) in [5, 5.41) is 0.487. The number of benzene rings is 1. The van der Waals surface area contributed by atoms with Gasteiger partial charge in [0.1, 0.15) is 0 Å². The van der Waals surface area contributed by atoms with E-state index in [0.717, 1.165) is 0 Å². The molecular formula is C11H9ClN2O2. The van der Waals surface area contributed by atoms with Crippen LogP contribution in [-0.4, -0.2) is 10.9 Å². The molecule has 5 heteroatoms. The highest BCUT2D eigenvalue weighted by Crippen LogP contribution is 2.30. The van der Waals surface area contributed by atoms with Gasteiger partial charge in [0.05, 0.1) is 5.02 Å². The predicted molar refractivity (Wildman–Crippen MR) is 60.2 cm³/mol. The molecule has 0 bridgehead atoms. The number of halogens is 1.